The summed E-state index contributed by atoms with van der Waals surface area (Å²) in [5.74, 6) is -1.04. The summed E-state index contributed by atoms with van der Waals surface area (Å²) in [7, 11) is 0. The molecule has 2 saturated heterocycles. The molecule has 1 aromatic rings. The number of hydrogen-bond donors (Lipinski definition) is 3. The Morgan fingerprint density at radius 3 is 2.59 bits per heavy atom. The summed E-state index contributed by atoms with van der Waals surface area (Å²) < 4.78 is 5.65. The highest BCUT2D eigenvalue weighted by Crippen LogP contribution is 2.36. The monoisotopic (exact) mass is 405 g/mol. The van der Waals surface area contributed by atoms with E-state index in [1.807, 2.05) is 43.0 Å². The maximum absolute atomic E-state index is 13.0. The molecular weight excluding hydrogens is 374 g/mol. The molecule has 160 valence electrons. The second kappa shape index (κ2) is 9.00. The van der Waals surface area contributed by atoms with Gasteiger partial charge < -0.3 is 19.6 Å². The molecule has 2 aliphatic rings. The molecule has 8 nitrogen and oxygen atoms in total. The van der Waals surface area contributed by atoms with Crippen molar-refractivity contribution in [3.8, 4) is 5.75 Å². The Morgan fingerprint density at radius 1 is 1.28 bits per heavy atom. The molecule has 0 radical (unpaired) electrons. The van der Waals surface area contributed by atoms with Gasteiger partial charge in [0.1, 0.15) is 11.9 Å². The van der Waals surface area contributed by atoms with Crippen LogP contribution in [0.2, 0.25) is 0 Å². The summed E-state index contributed by atoms with van der Waals surface area (Å²) in [6.45, 7) is 8.16. The Kier molecular flexibility index (Phi) is 6.64. The molecule has 2 heterocycles. The molecule has 0 spiro atoms. The van der Waals surface area contributed by atoms with Gasteiger partial charge in [-0.05, 0) is 49.9 Å². The zero-order valence-electron chi connectivity index (χ0n) is 17.2. The van der Waals surface area contributed by atoms with Crippen molar-refractivity contribution in [1.82, 2.24) is 10.4 Å². The first-order valence-electron chi connectivity index (χ1n) is 10.3. The number of hydroxylamine groups is 1. The van der Waals surface area contributed by atoms with Gasteiger partial charge in [0.25, 0.3) is 5.91 Å². The largest absolute Gasteiger partial charge is 0.494 e. The van der Waals surface area contributed by atoms with E-state index in [1.165, 1.54) is 5.48 Å². The molecule has 2 amide bonds. The van der Waals surface area contributed by atoms with Crippen molar-refractivity contribution in [1.29, 1.82) is 0 Å². The Balaban J connectivity index is 1.74. The van der Waals surface area contributed by atoms with Crippen LogP contribution in [0.15, 0.2) is 24.3 Å². The van der Waals surface area contributed by atoms with Gasteiger partial charge in [-0.25, -0.2) is 5.48 Å². The summed E-state index contributed by atoms with van der Waals surface area (Å²) in [6.07, 6.45) is -0.180. The number of piperidine rings is 1. The van der Waals surface area contributed by atoms with Crippen molar-refractivity contribution < 1.29 is 24.6 Å². The van der Waals surface area contributed by atoms with Crippen LogP contribution in [0.4, 0.5) is 5.69 Å². The van der Waals surface area contributed by atoms with Crippen LogP contribution in [-0.2, 0) is 9.59 Å². The average molecular weight is 405 g/mol. The third kappa shape index (κ3) is 4.33. The minimum Gasteiger partial charge on any atom is -0.494 e. The van der Waals surface area contributed by atoms with Gasteiger partial charge in [0.15, 0.2) is 0 Å². The van der Waals surface area contributed by atoms with Gasteiger partial charge in [0, 0.05) is 24.8 Å². The fourth-order valence-electron chi connectivity index (χ4n) is 4.50. The number of carbonyl (C=O) groups excluding carboxylic acids is 2. The van der Waals surface area contributed by atoms with Crippen LogP contribution < -0.4 is 15.1 Å². The smallest absolute Gasteiger partial charge is 0.272 e. The normalized spacial score (nSPS) is 28.0. The lowest BCUT2D eigenvalue weighted by molar-refractivity contribution is -0.160. The molecule has 0 saturated carbocycles. The predicted octanol–water partition coefficient (Wildman–Crippen LogP) is 1.40. The number of anilines is 1. The number of ether oxygens (including phenoxy) is 1. The van der Waals surface area contributed by atoms with Crippen molar-refractivity contribution in [2.45, 2.75) is 51.8 Å². The first-order chi connectivity index (χ1) is 13.9. The third-order valence-corrected chi connectivity index (χ3v) is 6.01. The van der Waals surface area contributed by atoms with E-state index in [2.05, 4.69) is 11.8 Å². The second-order valence-electron chi connectivity index (χ2n) is 8.15. The van der Waals surface area contributed by atoms with Gasteiger partial charge >= 0.3 is 0 Å². The number of nitrogens with one attached hydrogen (secondary N) is 1. The number of nitrogens with zero attached hydrogens (tertiary/aromatic N) is 2. The van der Waals surface area contributed by atoms with Crippen LogP contribution >= 0.6 is 0 Å². The third-order valence-electron chi connectivity index (χ3n) is 6.01. The lowest BCUT2D eigenvalue weighted by atomic mass is 9.78. The molecule has 1 aromatic carbocycles. The number of carbonyl (C=O) groups is 2. The molecule has 3 unspecified atom stereocenters. The molecule has 29 heavy (non-hydrogen) atoms. The van der Waals surface area contributed by atoms with E-state index in [1.54, 1.807) is 0 Å². The van der Waals surface area contributed by atoms with Gasteiger partial charge in [-0.1, -0.05) is 13.8 Å². The van der Waals surface area contributed by atoms with Crippen LogP contribution in [-0.4, -0.2) is 64.9 Å². The Labute approximate surface area is 171 Å². The van der Waals surface area contributed by atoms with Gasteiger partial charge in [0.05, 0.1) is 18.6 Å². The van der Waals surface area contributed by atoms with Crippen molar-refractivity contribution in [3.63, 3.8) is 0 Å². The maximum Gasteiger partial charge on any atom is 0.272 e. The molecule has 8 heteroatoms. The highest BCUT2D eigenvalue weighted by molar-refractivity contribution is 5.89. The van der Waals surface area contributed by atoms with E-state index in [4.69, 9.17) is 9.94 Å². The fourth-order valence-corrected chi connectivity index (χ4v) is 4.50. The van der Waals surface area contributed by atoms with Crippen molar-refractivity contribution >= 4 is 17.5 Å². The Bertz CT molecular complexity index is 726. The lowest BCUT2D eigenvalue weighted by Gasteiger charge is -2.53. The quantitative estimate of drug-likeness (QED) is 0.488. The average Bonchev–Trinajstić information content (AvgIpc) is 2.73. The Hall–Kier alpha value is -2.32. The highest BCUT2D eigenvalue weighted by Gasteiger charge is 2.48. The van der Waals surface area contributed by atoms with Crippen molar-refractivity contribution in [2.24, 2.45) is 11.8 Å². The van der Waals surface area contributed by atoms with Gasteiger partial charge in [-0.2, -0.15) is 0 Å². The van der Waals surface area contributed by atoms with Crippen LogP contribution in [0.25, 0.3) is 0 Å². The number of aliphatic hydroxyl groups is 1. The van der Waals surface area contributed by atoms with E-state index < -0.39 is 17.9 Å². The number of hydrogen-bond acceptors (Lipinski definition) is 6. The molecule has 0 aromatic heterocycles. The maximum atomic E-state index is 13.0. The molecule has 2 aliphatic heterocycles. The Morgan fingerprint density at radius 2 is 1.97 bits per heavy atom. The number of benzene rings is 1. The molecule has 5 atom stereocenters. The first-order valence-corrected chi connectivity index (χ1v) is 10.3. The summed E-state index contributed by atoms with van der Waals surface area (Å²) in [6, 6.07) is 7.96. The number of piperazine rings is 1. The van der Waals surface area contributed by atoms with E-state index in [-0.39, 0.29) is 23.9 Å². The summed E-state index contributed by atoms with van der Waals surface area (Å²) >= 11 is 0. The predicted molar refractivity (Wildman–Crippen MR) is 108 cm³/mol. The van der Waals surface area contributed by atoms with Crippen LogP contribution in [0.5, 0.6) is 5.75 Å². The summed E-state index contributed by atoms with van der Waals surface area (Å²) in [4.78, 5) is 28.8. The van der Waals surface area contributed by atoms with Crippen molar-refractivity contribution in [2.75, 3.05) is 24.6 Å². The second-order valence-corrected chi connectivity index (χ2v) is 8.15. The SMILES string of the molecule is CCCOc1ccc(N2CC(C)N3C(=O)[C@H]([C@H](O)C(=O)NO)CC(C)C3C2)cc1. The molecular formula is C21H31N3O5. The van der Waals surface area contributed by atoms with Crippen LogP contribution in [0.3, 0.4) is 0 Å². The number of fused-ring (bicyclic) bond motifs is 1. The van der Waals surface area contributed by atoms with Crippen LogP contribution in [0.1, 0.15) is 33.6 Å². The van der Waals surface area contributed by atoms with E-state index >= 15 is 0 Å². The van der Waals surface area contributed by atoms with Gasteiger partial charge in [-0.15, -0.1) is 0 Å². The molecule has 3 N–H and O–H groups in total. The molecule has 0 aliphatic carbocycles. The zero-order chi connectivity index (χ0) is 21.1. The van der Waals surface area contributed by atoms with Crippen LogP contribution in [0, 0.1) is 11.8 Å². The minimum absolute atomic E-state index is 0.00269. The zero-order valence-corrected chi connectivity index (χ0v) is 17.2. The van der Waals surface area contributed by atoms with E-state index in [9.17, 15) is 14.7 Å². The lowest BCUT2D eigenvalue weighted by Crippen LogP contribution is -2.67. The van der Waals surface area contributed by atoms with Gasteiger partial charge in [-0.3, -0.25) is 14.8 Å². The summed E-state index contributed by atoms with van der Waals surface area (Å²) in [5, 5.41) is 19.0. The van der Waals surface area contributed by atoms with E-state index in [0.717, 1.165) is 17.9 Å². The molecule has 0 bridgehead atoms. The van der Waals surface area contributed by atoms with Gasteiger partial charge in [0.2, 0.25) is 5.91 Å². The number of rotatable bonds is 6. The standard InChI is InChI=1S/C21H31N3O5/c1-4-9-29-16-7-5-15(6-8-16)23-11-14(3)24-18(12-23)13(2)10-17(21(24)27)19(25)20(26)22-28/h5-8,13-14,17-19,25,28H,4,9-12H2,1-3H3,(H,22,26)/t13?,14?,17-,18?,19-/m0/s1. The first kappa shape index (κ1) is 21.4. The summed E-state index contributed by atoms with van der Waals surface area (Å²) in [5.41, 5.74) is 2.53. The van der Waals surface area contributed by atoms with Crippen molar-refractivity contribution in [3.05, 3.63) is 24.3 Å². The van der Waals surface area contributed by atoms with E-state index in [0.29, 0.717) is 26.1 Å². The topological polar surface area (TPSA) is 102 Å². The molecule has 3 rings (SSSR count). The number of aliphatic hydroxyl groups excluding tert-OH is 1. The minimum atomic E-state index is -1.54. The number of amides is 2. The molecule has 2 fully saturated rings. The highest BCUT2D eigenvalue weighted by atomic mass is 16.5. The fraction of sp³-hybridized carbons (Fsp3) is 0.619.